The molecule has 0 radical (unpaired) electrons. The summed E-state index contributed by atoms with van der Waals surface area (Å²) >= 11 is 15.1. The van der Waals surface area contributed by atoms with Gasteiger partial charge in [0, 0.05) is 16.6 Å². The van der Waals surface area contributed by atoms with E-state index >= 15 is 0 Å². The van der Waals surface area contributed by atoms with Crippen LogP contribution in [0.1, 0.15) is 12.5 Å². The lowest BCUT2D eigenvalue weighted by Gasteiger charge is -2.04. The molecule has 0 amide bonds. The number of nitrogens with two attached hydrogens (primary N) is 1. The van der Waals surface area contributed by atoms with E-state index in [4.69, 9.17) is 28.9 Å². The van der Waals surface area contributed by atoms with Gasteiger partial charge < -0.3 is 5.73 Å². The molecule has 1 nitrogen and oxygen atoms in total. The van der Waals surface area contributed by atoms with E-state index in [1.807, 2.05) is 31.2 Å². The number of allylic oxidation sites excluding steroid dienone is 4. The van der Waals surface area contributed by atoms with Crippen molar-refractivity contribution in [1.82, 2.24) is 0 Å². The first-order valence-electron chi connectivity index (χ1n) is 4.74. The maximum atomic E-state index is 5.92. The van der Waals surface area contributed by atoms with E-state index in [-0.39, 0.29) is 0 Å². The molecule has 0 saturated heterocycles. The van der Waals surface area contributed by atoms with Gasteiger partial charge in [-0.2, -0.15) is 0 Å². The average molecular weight is 321 g/mol. The average Bonchev–Trinajstić information content (AvgIpc) is 2.23. The third kappa shape index (κ3) is 4.20. The van der Waals surface area contributed by atoms with Crippen molar-refractivity contribution in [3.8, 4) is 0 Å². The van der Waals surface area contributed by atoms with Crippen molar-refractivity contribution in [2.75, 3.05) is 0 Å². The predicted molar refractivity (Wildman–Crippen MR) is 75.1 cm³/mol. The predicted octanol–water partition coefficient (Wildman–Crippen LogP) is 4.68. The SMILES string of the molecule is C/C=C(Br)\C=C(/N)Cc1ccc(Cl)c(Cl)c1. The molecule has 0 aliphatic rings. The van der Waals surface area contributed by atoms with Crippen LogP contribution in [0.2, 0.25) is 10.0 Å². The van der Waals surface area contributed by atoms with Gasteiger partial charge >= 0.3 is 0 Å². The van der Waals surface area contributed by atoms with Crippen molar-refractivity contribution in [2.45, 2.75) is 13.3 Å². The third-order valence-corrected chi connectivity index (χ3v) is 3.42. The first-order chi connectivity index (χ1) is 7.52. The summed E-state index contributed by atoms with van der Waals surface area (Å²) in [5.74, 6) is 0. The smallest absolute Gasteiger partial charge is 0.0595 e. The van der Waals surface area contributed by atoms with Crippen molar-refractivity contribution in [3.63, 3.8) is 0 Å². The molecule has 86 valence electrons. The third-order valence-electron chi connectivity index (χ3n) is 1.99. The fourth-order valence-electron chi connectivity index (χ4n) is 1.20. The van der Waals surface area contributed by atoms with Crippen LogP contribution in [0, 0.1) is 0 Å². The van der Waals surface area contributed by atoms with E-state index in [2.05, 4.69) is 15.9 Å². The minimum atomic E-state index is 0.553. The molecule has 0 atom stereocenters. The van der Waals surface area contributed by atoms with Gasteiger partial charge in [0.25, 0.3) is 0 Å². The lowest BCUT2D eigenvalue weighted by molar-refractivity contribution is 1.11. The highest BCUT2D eigenvalue weighted by Crippen LogP contribution is 2.23. The van der Waals surface area contributed by atoms with E-state index in [0.717, 1.165) is 15.7 Å². The molecule has 0 unspecified atom stereocenters. The highest BCUT2D eigenvalue weighted by molar-refractivity contribution is 9.11. The Hall–Kier alpha value is -0.440. The van der Waals surface area contributed by atoms with Gasteiger partial charge in [-0.25, -0.2) is 0 Å². The monoisotopic (exact) mass is 319 g/mol. The van der Waals surface area contributed by atoms with Gasteiger partial charge in [-0.3, -0.25) is 0 Å². The standard InChI is InChI=1S/C12H12BrCl2N/c1-2-9(13)7-10(16)5-8-3-4-11(14)12(15)6-8/h2-4,6-7H,5,16H2,1H3/b9-2+,10-7-. The van der Waals surface area contributed by atoms with Crippen LogP contribution < -0.4 is 5.73 Å². The minimum absolute atomic E-state index is 0.553. The van der Waals surface area contributed by atoms with Gasteiger partial charge in [-0.05, 0) is 30.7 Å². The summed E-state index contributed by atoms with van der Waals surface area (Å²) in [4.78, 5) is 0. The van der Waals surface area contributed by atoms with Crippen LogP contribution in [0.4, 0.5) is 0 Å². The van der Waals surface area contributed by atoms with Crippen molar-refractivity contribution in [3.05, 3.63) is 56.1 Å². The summed E-state index contributed by atoms with van der Waals surface area (Å²) in [5.41, 5.74) is 7.69. The van der Waals surface area contributed by atoms with E-state index in [1.54, 1.807) is 6.07 Å². The molecule has 0 aliphatic heterocycles. The molecule has 0 aromatic heterocycles. The molecule has 0 saturated carbocycles. The highest BCUT2D eigenvalue weighted by atomic mass is 79.9. The van der Waals surface area contributed by atoms with Crippen LogP contribution in [-0.4, -0.2) is 0 Å². The van der Waals surface area contributed by atoms with Crippen molar-refractivity contribution >= 4 is 39.1 Å². The van der Waals surface area contributed by atoms with Crippen LogP contribution in [-0.2, 0) is 6.42 Å². The topological polar surface area (TPSA) is 26.0 Å². The molecule has 16 heavy (non-hydrogen) atoms. The Kier molecular flexibility index (Phi) is 5.39. The van der Waals surface area contributed by atoms with Gasteiger partial charge in [0.1, 0.15) is 0 Å². The summed E-state index contributed by atoms with van der Waals surface area (Å²) in [5, 5.41) is 1.11. The number of rotatable bonds is 3. The molecule has 0 fully saturated rings. The van der Waals surface area contributed by atoms with Crippen molar-refractivity contribution in [2.24, 2.45) is 5.73 Å². The molecule has 0 heterocycles. The maximum Gasteiger partial charge on any atom is 0.0595 e. The molecule has 1 aromatic carbocycles. The van der Waals surface area contributed by atoms with Crippen LogP contribution in [0.25, 0.3) is 0 Å². The fraction of sp³-hybridized carbons (Fsp3) is 0.167. The molecule has 0 spiro atoms. The van der Waals surface area contributed by atoms with Gasteiger partial charge in [0.05, 0.1) is 10.0 Å². The zero-order chi connectivity index (χ0) is 12.1. The molecular weight excluding hydrogens is 309 g/mol. The van der Waals surface area contributed by atoms with Crippen LogP contribution >= 0.6 is 39.1 Å². The zero-order valence-electron chi connectivity index (χ0n) is 8.81. The Labute approximate surface area is 114 Å². The summed E-state index contributed by atoms with van der Waals surface area (Å²) in [6.07, 6.45) is 4.46. The molecule has 1 rings (SSSR count). The Morgan fingerprint density at radius 2 is 2.06 bits per heavy atom. The molecular formula is C12H12BrCl2N. The van der Waals surface area contributed by atoms with Crippen molar-refractivity contribution < 1.29 is 0 Å². The Morgan fingerprint density at radius 3 is 2.62 bits per heavy atom. The Balaban J connectivity index is 2.81. The van der Waals surface area contributed by atoms with E-state index in [9.17, 15) is 0 Å². The van der Waals surface area contributed by atoms with Crippen LogP contribution in [0.5, 0.6) is 0 Å². The number of hydrogen-bond donors (Lipinski definition) is 1. The van der Waals surface area contributed by atoms with Gasteiger partial charge in [0.15, 0.2) is 0 Å². The normalized spacial score (nSPS) is 13.0. The Morgan fingerprint density at radius 1 is 1.38 bits per heavy atom. The van der Waals surface area contributed by atoms with Crippen LogP contribution in [0.15, 0.2) is 40.5 Å². The highest BCUT2D eigenvalue weighted by Gasteiger charge is 2.01. The second-order valence-corrected chi connectivity index (χ2v) is 5.05. The summed E-state index contributed by atoms with van der Waals surface area (Å²) in [6, 6.07) is 5.52. The second-order valence-electron chi connectivity index (χ2n) is 3.32. The first-order valence-corrected chi connectivity index (χ1v) is 6.29. The molecule has 2 N–H and O–H groups in total. The first kappa shape index (κ1) is 13.6. The van der Waals surface area contributed by atoms with Crippen LogP contribution in [0.3, 0.4) is 0 Å². The Bertz CT molecular complexity index is 439. The van der Waals surface area contributed by atoms with Crippen molar-refractivity contribution in [1.29, 1.82) is 0 Å². The lowest BCUT2D eigenvalue weighted by atomic mass is 10.1. The number of hydrogen-bond acceptors (Lipinski definition) is 1. The zero-order valence-corrected chi connectivity index (χ0v) is 11.9. The quantitative estimate of drug-likeness (QED) is 0.804. The van der Waals surface area contributed by atoms with E-state index in [1.165, 1.54) is 0 Å². The number of halogens is 3. The molecule has 0 aliphatic carbocycles. The lowest BCUT2D eigenvalue weighted by Crippen LogP contribution is -2.01. The van der Waals surface area contributed by atoms with Gasteiger partial charge in [-0.15, -0.1) is 0 Å². The van der Waals surface area contributed by atoms with Gasteiger partial charge in [0.2, 0.25) is 0 Å². The second kappa shape index (κ2) is 6.33. The van der Waals surface area contributed by atoms with E-state index in [0.29, 0.717) is 16.5 Å². The largest absolute Gasteiger partial charge is 0.402 e. The maximum absolute atomic E-state index is 5.92. The molecule has 1 aromatic rings. The number of benzene rings is 1. The molecule has 0 bridgehead atoms. The summed E-state index contributed by atoms with van der Waals surface area (Å²) in [6.45, 7) is 1.94. The van der Waals surface area contributed by atoms with Gasteiger partial charge in [-0.1, -0.05) is 51.3 Å². The van der Waals surface area contributed by atoms with E-state index < -0.39 is 0 Å². The minimum Gasteiger partial charge on any atom is -0.402 e. The summed E-state index contributed by atoms with van der Waals surface area (Å²) in [7, 11) is 0. The fourth-order valence-corrected chi connectivity index (χ4v) is 1.81. The molecule has 4 heteroatoms. The summed E-state index contributed by atoms with van der Waals surface area (Å²) < 4.78 is 0.963.